The van der Waals surface area contributed by atoms with Crippen molar-refractivity contribution < 1.29 is 4.74 Å². The molecule has 0 amide bonds. The van der Waals surface area contributed by atoms with Gasteiger partial charge in [-0.25, -0.2) is 0 Å². The van der Waals surface area contributed by atoms with Crippen LogP contribution in [-0.4, -0.2) is 13.2 Å². The Morgan fingerprint density at radius 1 is 1.28 bits per heavy atom. The van der Waals surface area contributed by atoms with Gasteiger partial charge in [0, 0.05) is 5.41 Å². The molecular formula is C17H30O. The summed E-state index contributed by atoms with van der Waals surface area (Å²) < 4.78 is 5.67. The Hall–Kier alpha value is -0.560. The van der Waals surface area contributed by atoms with Crippen LogP contribution in [0, 0.1) is 5.41 Å². The Balaban J connectivity index is 2.71. The zero-order chi connectivity index (χ0) is 13.6. The van der Waals surface area contributed by atoms with E-state index in [1.165, 1.54) is 37.7 Å². The summed E-state index contributed by atoms with van der Waals surface area (Å²) in [5.74, 6) is 0. The molecule has 1 aliphatic heterocycles. The summed E-state index contributed by atoms with van der Waals surface area (Å²) >= 11 is 0. The van der Waals surface area contributed by atoms with E-state index < -0.39 is 0 Å². The van der Waals surface area contributed by atoms with Crippen LogP contribution < -0.4 is 0 Å². The molecule has 0 aromatic rings. The summed E-state index contributed by atoms with van der Waals surface area (Å²) in [6, 6.07) is 0. The van der Waals surface area contributed by atoms with Gasteiger partial charge in [-0.1, -0.05) is 57.8 Å². The van der Waals surface area contributed by atoms with Gasteiger partial charge in [0.1, 0.15) is 0 Å². The van der Waals surface area contributed by atoms with Crippen LogP contribution in [0.5, 0.6) is 0 Å². The summed E-state index contributed by atoms with van der Waals surface area (Å²) in [6.45, 7) is 14.8. The van der Waals surface area contributed by atoms with E-state index in [0.29, 0.717) is 0 Å². The van der Waals surface area contributed by atoms with E-state index >= 15 is 0 Å². The SMILES string of the molecule is C=C(C)C/C(CCCCCC)=C1/COCC1(C)C. The van der Waals surface area contributed by atoms with E-state index in [4.69, 9.17) is 4.74 Å². The zero-order valence-corrected chi connectivity index (χ0v) is 12.8. The Morgan fingerprint density at radius 3 is 2.50 bits per heavy atom. The summed E-state index contributed by atoms with van der Waals surface area (Å²) in [5.41, 5.74) is 4.65. The lowest BCUT2D eigenvalue weighted by Crippen LogP contribution is -2.15. The molecule has 104 valence electrons. The van der Waals surface area contributed by atoms with Gasteiger partial charge >= 0.3 is 0 Å². The Kier molecular flexibility index (Phi) is 6.14. The maximum absolute atomic E-state index is 5.67. The smallest absolute Gasteiger partial charge is 0.0686 e. The van der Waals surface area contributed by atoms with Crippen LogP contribution in [0.25, 0.3) is 0 Å². The molecule has 0 aromatic heterocycles. The Morgan fingerprint density at radius 2 is 2.00 bits per heavy atom. The zero-order valence-electron chi connectivity index (χ0n) is 12.8. The highest BCUT2D eigenvalue weighted by molar-refractivity contribution is 5.27. The fourth-order valence-corrected chi connectivity index (χ4v) is 2.75. The highest BCUT2D eigenvalue weighted by atomic mass is 16.5. The van der Waals surface area contributed by atoms with E-state index in [1.54, 1.807) is 11.1 Å². The summed E-state index contributed by atoms with van der Waals surface area (Å²) in [4.78, 5) is 0. The molecule has 1 rings (SSSR count). The van der Waals surface area contributed by atoms with E-state index in [1.807, 2.05) is 0 Å². The Bertz CT molecular complexity index is 310. The van der Waals surface area contributed by atoms with Gasteiger partial charge in [0.15, 0.2) is 0 Å². The molecule has 0 spiro atoms. The van der Waals surface area contributed by atoms with Gasteiger partial charge in [-0.3, -0.25) is 0 Å². The highest BCUT2D eigenvalue weighted by Gasteiger charge is 2.31. The molecule has 0 aliphatic carbocycles. The number of hydrogen-bond donors (Lipinski definition) is 0. The third kappa shape index (κ3) is 4.61. The lowest BCUT2D eigenvalue weighted by atomic mass is 9.81. The van der Waals surface area contributed by atoms with Crippen LogP contribution in [0.4, 0.5) is 0 Å². The number of unbranched alkanes of at least 4 members (excludes halogenated alkanes) is 3. The molecule has 0 N–H and O–H groups in total. The first-order valence-electron chi connectivity index (χ1n) is 7.41. The van der Waals surface area contributed by atoms with Crippen molar-refractivity contribution in [3.8, 4) is 0 Å². The minimum atomic E-state index is 0.232. The van der Waals surface area contributed by atoms with Crippen molar-refractivity contribution >= 4 is 0 Å². The molecule has 1 nitrogen and oxygen atoms in total. The van der Waals surface area contributed by atoms with Crippen molar-refractivity contribution in [2.45, 2.75) is 66.2 Å². The average molecular weight is 250 g/mol. The number of ether oxygens (including phenoxy) is 1. The molecule has 0 bridgehead atoms. The monoisotopic (exact) mass is 250 g/mol. The minimum absolute atomic E-state index is 0.232. The molecule has 0 saturated carbocycles. The van der Waals surface area contributed by atoms with Crippen LogP contribution in [0.3, 0.4) is 0 Å². The van der Waals surface area contributed by atoms with Gasteiger partial charge in [0.25, 0.3) is 0 Å². The van der Waals surface area contributed by atoms with Gasteiger partial charge in [0.05, 0.1) is 13.2 Å². The van der Waals surface area contributed by atoms with Crippen molar-refractivity contribution in [1.29, 1.82) is 0 Å². The molecule has 1 saturated heterocycles. The molecule has 0 atom stereocenters. The molecule has 1 heterocycles. The third-order valence-corrected chi connectivity index (χ3v) is 3.80. The second-order valence-electron chi connectivity index (χ2n) is 6.40. The van der Waals surface area contributed by atoms with Crippen LogP contribution in [0.1, 0.15) is 66.2 Å². The van der Waals surface area contributed by atoms with E-state index in [-0.39, 0.29) is 5.41 Å². The molecular weight excluding hydrogens is 220 g/mol. The van der Waals surface area contributed by atoms with Crippen molar-refractivity contribution in [2.24, 2.45) is 5.41 Å². The lowest BCUT2D eigenvalue weighted by Gasteiger charge is -2.22. The molecule has 1 aliphatic rings. The standard InChI is InChI=1S/C17H30O/c1-6-7-8-9-10-15(11-14(2)3)16-12-18-13-17(16,4)5/h2,6-13H2,1,3-5H3/b16-15-. The summed E-state index contributed by atoms with van der Waals surface area (Å²) in [6.07, 6.45) is 7.63. The van der Waals surface area contributed by atoms with Crippen LogP contribution in [0.2, 0.25) is 0 Å². The first kappa shape index (κ1) is 15.5. The second-order valence-corrected chi connectivity index (χ2v) is 6.40. The number of hydrogen-bond acceptors (Lipinski definition) is 1. The molecule has 1 heteroatoms. The Labute approximate surface area is 113 Å². The van der Waals surface area contributed by atoms with Gasteiger partial charge < -0.3 is 4.74 Å². The maximum Gasteiger partial charge on any atom is 0.0686 e. The molecule has 0 radical (unpaired) electrons. The van der Waals surface area contributed by atoms with E-state index in [9.17, 15) is 0 Å². The number of allylic oxidation sites excluding steroid dienone is 2. The van der Waals surface area contributed by atoms with Gasteiger partial charge in [-0.05, 0) is 31.8 Å². The van der Waals surface area contributed by atoms with Crippen molar-refractivity contribution in [3.05, 3.63) is 23.3 Å². The van der Waals surface area contributed by atoms with Crippen LogP contribution in [-0.2, 0) is 4.74 Å². The van der Waals surface area contributed by atoms with E-state index in [0.717, 1.165) is 19.6 Å². The predicted octanol–water partition coefficient (Wildman–Crippen LogP) is 5.28. The van der Waals surface area contributed by atoms with Crippen LogP contribution in [0.15, 0.2) is 23.3 Å². The second kappa shape index (κ2) is 7.13. The number of rotatable bonds is 7. The summed E-state index contributed by atoms with van der Waals surface area (Å²) in [5, 5.41) is 0. The minimum Gasteiger partial charge on any atom is -0.376 e. The largest absolute Gasteiger partial charge is 0.376 e. The van der Waals surface area contributed by atoms with Gasteiger partial charge in [-0.2, -0.15) is 0 Å². The normalized spacial score (nSPS) is 21.1. The third-order valence-electron chi connectivity index (χ3n) is 3.80. The van der Waals surface area contributed by atoms with E-state index in [2.05, 4.69) is 34.3 Å². The quantitative estimate of drug-likeness (QED) is 0.441. The van der Waals surface area contributed by atoms with Crippen LogP contribution >= 0.6 is 0 Å². The van der Waals surface area contributed by atoms with Gasteiger partial charge in [-0.15, -0.1) is 0 Å². The van der Waals surface area contributed by atoms with Crippen molar-refractivity contribution in [2.75, 3.05) is 13.2 Å². The van der Waals surface area contributed by atoms with Gasteiger partial charge in [0.2, 0.25) is 0 Å². The van der Waals surface area contributed by atoms with Crippen molar-refractivity contribution in [1.82, 2.24) is 0 Å². The molecule has 0 aromatic carbocycles. The fraction of sp³-hybridized carbons (Fsp3) is 0.765. The summed E-state index contributed by atoms with van der Waals surface area (Å²) in [7, 11) is 0. The molecule has 1 fully saturated rings. The molecule has 18 heavy (non-hydrogen) atoms. The topological polar surface area (TPSA) is 9.23 Å². The van der Waals surface area contributed by atoms with Crippen molar-refractivity contribution in [3.63, 3.8) is 0 Å². The fourth-order valence-electron chi connectivity index (χ4n) is 2.75. The first-order chi connectivity index (χ1) is 8.47. The molecule has 0 unspecified atom stereocenters. The predicted molar refractivity (Wildman–Crippen MR) is 79.8 cm³/mol. The lowest BCUT2D eigenvalue weighted by molar-refractivity contribution is 0.167. The maximum atomic E-state index is 5.67. The average Bonchev–Trinajstić information content (AvgIpc) is 2.62. The first-order valence-corrected chi connectivity index (χ1v) is 7.41. The highest BCUT2D eigenvalue weighted by Crippen LogP contribution is 2.38.